The molecule has 7 nitrogen and oxygen atoms in total. The number of rotatable bonds is 13. The summed E-state index contributed by atoms with van der Waals surface area (Å²) in [6, 6.07) is 25.1. The summed E-state index contributed by atoms with van der Waals surface area (Å²) in [4.78, 5) is 25.7. The van der Waals surface area contributed by atoms with Gasteiger partial charge in [0.1, 0.15) is 5.82 Å². The fourth-order valence-electron chi connectivity index (χ4n) is 5.78. The lowest BCUT2D eigenvalue weighted by Crippen LogP contribution is -2.32. The van der Waals surface area contributed by atoms with Gasteiger partial charge in [-0.15, -0.1) is 0 Å². The van der Waals surface area contributed by atoms with E-state index < -0.39 is 23.8 Å². The topological polar surface area (TPSA) is 101 Å². The standard InChI is InChI=1S/C37H43FN2O5/c1-24(2)34-33(36(44)39-28-14-10-7-11-15-28)32(25-12-8-6-9-13-25)35(26-16-18-27(38)19-17-26)40(34)21-20-29(41)22-30(23-31(42)43)45-37(3,4)5/h6-19,24,29-30,41H,20-23H2,1-5H3,(H,39,44)(H,42,43)/t29-,30-/m1/s1. The number of hydrogen-bond acceptors (Lipinski definition) is 4. The number of aliphatic carboxylic acids is 1. The molecule has 0 saturated carbocycles. The Bertz CT molecular complexity index is 1580. The number of hydrogen-bond donors (Lipinski definition) is 3. The number of benzene rings is 3. The van der Waals surface area contributed by atoms with Gasteiger partial charge in [0.15, 0.2) is 0 Å². The van der Waals surface area contributed by atoms with E-state index in [4.69, 9.17) is 4.74 Å². The first-order chi connectivity index (χ1) is 21.3. The number of amides is 1. The number of carboxylic acids is 1. The molecule has 3 aromatic carbocycles. The Morgan fingerprint density at radius 3 is 2.07 bits per heavy atom. The number of carboxylic acid groups (broad SMARTS) is 1. The number of halogens is 1. The highest BCUT2D eigenvalue weighted by Gasteiger charge is 2.31. The largest absolute Gasteiger partial charge is 0.481 e. The Balaban J connectivity index is 1.85. The van der Waals surface area contributed by atoms with E-state index in [9.17, 15) is 24.2 Å². The number of carbonyl (C=O) groups is 2. The van der Waals surface area contributed by atoms with Gasteiger partial charge < -0.3 is 24.8 Å². The minimum absolute atomic E-state index is 0.0979. The van der Waals surface area contributed by atoms with Gasteiger partial charge in [0.2, 0.25) is 0 Å². The quantitative estimate of drug-likeness (QED) is 0.141. The van der Waals surface area contributed by atoms with Crippen molar-refractivity contribution in [2.24, 2.45) is 0 Å². The highest BCUT2D eigenvalue weighted by molar-refractivity contribution is 6.12. The molecule has 1 heterocycles. The van der Waals surface area contributed by atoms with E-state index in [1.165, 1.54) is 12.1 Å². The molecule has 0 spiro atoms. The number of aliphatic hydroxyl groups is 1. The van der Waals surface area contributed by atoms with Gasteiger partial charge in [0.05, 0.1) is 35.5 Å². The van der Waals surface area contributed by atoms with Crippen LogP contribution in [0.25, 0.3) is 22.4 Å². The molecule has 0 fully saturated rings. The molecule has 0 aliphatic carbocycles. The van der Waals surface area contributed by atoms with E-state index in [1.54, 1.807) is 12.1 Å². The van der Waals surface area contributed by atoms with Crippen molar-refractivity contribution >= 4 is 17.6 Å². The second-order valence-electron chi connectivity index (χ2n) is 12.6. The lowest BCUT2D eigenvalue weighted by atomic mass is 9.94. The average Bonchev–Trinajstić information content (AvgIpc) is 3.32. The van der Waals surface area contributed by atoms with Crippen LogP contribution in [0.3, 0.4) is 0 Å². The SMILES string of the molecule is CC(C)c1c(C(=O)Nc2ccccc2)c(-c2ccccc2)c(-c2ccc(F)cc2)n1CC[C@@H](O)C[C@H](CC(=O)O)OC(C)(C)C. The monoisotopic (exact) mass is 614 g/mol. The number of ether oxygens (including phenoxy) is 1. The summed E-state index contributed by atoms with van der Waals surface area (Å²) in [5.41, 5.74) is 4.38. The summed E-state index contributed by atoms with van der Waals surface area (Å²) in [6.45, 7) is 9.92. The molecule has 4 rings (SSSR count). The molecule has 1 aromatic heterocycles. The maximum atomic E-state index is 14.2. The Morgan fingerprint density at radius 2 is 1.51 bits per heavy atom. The van der Waals surface area contributed by atoms with Crippen molar-refractivity contribution < 1.29 is 28.9 Å². The van der Waals surface area contributed by atoms with Crippen LogP contribution in [0.1, 0.15) is 75.9 Å². The Kier molecular flexibility index (Phi) is 11.0. The molecule has 0 bridgehead atoms. The van der Waals surface area contributed by atoms with Gasteiger partial charge in [-0.1, -0.05) is 62.4 Å². The molecule has 0 aliphatic rings. The number of nitrogens with zero attached hydrogens (tertiary/aromatic N) is 1. The van der Waals surface area contributed by atoms with Crippen LogP contribution in [-0.2, 0) is 16.1 Å². The lowest BCUT2D eigenvalue weighted by molar-refractivity contribution is -0.144. The second-order valence-corrected chi connectivity index (χ2v) is 12.6. The van der Waals surface area contributed by atoms with E-state index >= 15 is 0 Å². The highest BCUT2D eigenvalue weighted by Crippen LogP contribution is 2.42. The van der Waals surface area contributed by atoms with Crippen molar-refractivity contribution in [1.29, 1.82) is 0 Å². The molecular weight excluding hydrogens is 571 g/mol. The van der Waals surface area contributed by atoms with Gasteiger partial charge >= 0.3 is 5.97 Å². The maximum absolute atomic E-state index is 14.2. The number of anilines is 1. The van der Waals surface area contributed by atoms with Gasteiger partial charge in [-0.3, -0.25) is 9.59 Å². The molecule has 2 atom stereocenters. The maximum Gasteiger partial charge on any atom is 0.305 e. The molecule has 0 saturated heterocycles. The van der Waals surface area contributed by atoms with Crippen molar-refractivity contribution in [3.05, 3.63) is 102 Å². The molecule has 0 radical (unpaired) electrons. The number of aromatic nitrogens is 1. The minimum Gasteiger partial charge on any atom is -0.481 e. The van der Waals surface area contributed by atoms with Crippen LogP contribution in [-0.4, -0.2) is 44.5 Å². The third-order valence-corrected chi connectivity index (χ3v) is 7.43. The predicted octanol–water partition coefficient (Wildman–Crippen LogP) is 8.14. The van der Waals surface area contributed by atoms with E-state index in [2.05, 4.69) is 9.88 Å². The van der Waals surface area contributed by atoms with Gasteiger partial charge in [0, 0.05) is 29.9 Å². The third-order valence-electron chi connectivity index (χ3n) is 7.43. The first kappa shape index (κ1) is 33.6. The van der Waals surface area contributed by atoms with Crippen LogP contribution < -0.4 is 5.32 Å². The molecule has 238 valence electrons. The lowest BCUT2D eigenvalue weighted by Gasteiger charge is -2.28. The summed E-state index contributed by atoms with van der Waals surface area (Å²) in [5, 5.41) is 23.7. The predicted molar refractivity (Wildman–Crippen MR) is 176 cm³/mol. The molecule has 45 heavy (non-hydrogen) atoms. The molecule has 3 N–H and O–H groups in total. The van der Waals surface area contributed by atoms with Crippen LogP contribution >= 0.6 is 0 Å². The Morgan fingerprint density at radius 1 is 0.911 bits per heavy atom. The van der Waals surface area contributed by atoms with Gasteiger partial charge in [-0.25, -0.2) is 4.39 Å². The normalized spacial score (nSPS) is 13.1. The van der Waals surface area contributed by atoms with Crippen molar-refractivity contribution in [3.63, 3.8) is 0 Å². The molecule has 8 heteroatoms. The zero-order valence-electron chi connectivity index (χ0n) is 26.6. The van der Waals surface area contributed by atoms with Crippen LogP contribution in [0.2, 0.25) is 0 Å². The van der Waals surface area contributed by atoms with Crippen LogP contribution in [0.5, 0.6) is 0 Å². The van der Waals surface area contributed by atoms with E-state index in [0.717, 1.165) is 22.5 Å². The van der Waals surface area contributed by atoms with E-state index in [-0.39, 0.29) is 36.9 Å². The van der Waals surface area contributed by atoms with Gasteiger partial charge in [-0.2, -0.15) is 0 Å². The number of nitrogens with one attached hydrogen (secondary N) is 1. The number of para-hydroxylation sites is 1. The van der Waals surface area contributed by atoms with E-state index in [0.29, 0.717) is 23.4 Å². The molecule has 4 aromatic rings. The van der Waals surface area contributed by atoms with Gasteiger partial charge in [0.25, 0.3) is 5.91 Å². The fraction of sp³-hybridized carbons (Fsp3) is 0.351. The van der Waals surface area contributed by atoms with Crippen molar-refractivity contribution in [1.82, 2.24) is 4.57 Å². The first-order valence-electron chi connectivity index (χ1n) is 15.4. The Hall–Kier alpha value is -4.27. The van der Waals surface area contributed by atoms with Crippen molar-refractivity contribution in [3.8, 4) is 22.4 Å². The number of carbonyl (C=O) groups excluding carboxylic acids is 1. The zero-order valence-corrected chi connectivity index (χ0v) is 26.6. The van der Waals surface area contributed by atoms with Gasteiger partial charge in [-0.05, 0) is 80.6 Å². The molecule has 0 aliphatic heterocycles. The van der Waals surface area contributed by atoms with Crippen LogP contribution in [0.15, 0.2) is 84.9 Å². The Labute approximate surface area is 264 Å². The first-order valence-corrected chi connectivity index (χ1v) is 15.4. The molecule has 0 unspecified atom stereocenters. The highest BCUT2D eigenvalue weighted by atomic mass is 19.1. The summed E-state index contributed by atoms with van der Waals surface area (Å²) >= 11 is 0. The molecular formula is C37H43FN2O5. The second kappa shape index (κ2) is 14.7. The summed E-state index contributed by atoms with van der Waals surface area (Å²) in [7, 11) is 0. The fourth-order valence-corrected chi connectivity index (χ4v) is 5.78. The van der Waals surface area contributed by atoms with Crippen LogP contribution in [0.4, 0.5) is 10.1 Å². The third kappa shape index (κ3) is 8.90. The zero-order chi connectivity index (χ0) is 32.7. The summed E-state index contributed by atoms with van der Waals surface area (Å²) in [5.74, 6) is -1.74. The van der Waals surface area contributed by atoms with Crippen molar-refractivity contribution in [2.45, 2.75) is 84.2 Å². The van der Waals surface area contributed by atoms with Crippen molar-refractivity contribution in [2.75, 3.05) is 5.32 Å². The average molecular weight is 615 g/mol. The minimum atomic E-state index is -0.996. The molecule has 1 amide bonds. The van der Waals surface area contributed by atoms with E-state index in [1.807, 2.05) is 95.3 Å². The summed E-state index contributed by atoms with van der Waals surface area (Å²) < 4.78 is 22.2. The number of aliphatic hydroxyl groups excluding tert-OH is 1. The summed E-state index contributed by atoms with van der Waals surface area (Å²) in [6.07, 6.45) is -1.35. The van der Waals surface area contributed by atoms with Crippen LogP contribution in [0, 0.1) is 5.82 Å². The smallest absolute Gasteiger partial charge is 0.305 e.